The van der Waals surface area contributed by atoms with Crippen LogP contribution in [0.15, 0.2) is 25.3 Å². The Labute approximate surface area is 90.0 Å². The average Bonchev–Trinajstić information content (AvgIpc) is 2.23. The quantitative estimate of drug-likeness (QED) is 0.455. The van der Waals surface area contributed by atoms with E-state index in [-0.39, 0.29) is 0 Å². The third kappa shape index (κ3) is 2.58. The summed E-state index contributed by atoms with van der Waals surface area (Å²) in [6, 6.07) is 1.13. The Morgan fingerprint density at radius 2 is 1.57 bits per heavy atom. The molecule has 0 aromatic carbocycles. The van der Waals surface area contributed by atoms with Gasteiger partial charge in [0.15, 0.2) is 0 Å². The predicted octanol–water partition coefficient (Wildman–Crippen LogP) is 4.14. The van der Waals surface area contributed by atoms with Gasteiger partial charge < -0.3 is 4.43 Å². The molecule has 0 spiro atoms. The van der Waals surface area contributed by atoms with Gasteiger partial charge in [-0.1, -0.05) is 32.9 Å². The van der Waals surface area contributed by atoms with Crippen LogP contribution in [0.4, 0.5) is 0 Å². The zero-order chi connectivity index (χ0) is 11.2. The molecule has 2 unspecified atom stereocenters. The highest BCUT2D eigenvalue weighted by Gasteiger charge is 2.41. The zero-order valence-corrected chi connectivity index (χ0v) is 11.0. The monoisotopic (exact) mass is 212 g/mol. The molecular formula is C12H24OSi. The van der Waals surface area contributed by atoms with Gasteiger partial charge in [-0.2, -0.15) is 0 Å². The lowest BCUT2D eigenvalue weighted by molar-refractivity contribution is 0.310. The van der Waals surface area contributed by atoms with Crippen LogP contribution in [0.25, 0.3) is 0 Å². The first-order valence-electron chi connectivity index (χ1n) is 5.48. The summed E-state index contributed by atoms with van der Waals surface area (Å²) in [6.07, 6.45) is 4.07. The molecule has 0 amide bonds. The van der Waals surface area contributed by atoms with Crippen molar-refractivity contribution in [1.29, 1.82) is 0 Å². The summed E-state index contributed by atoms with van der Waals surface area (Å²) < 4.78 is 6.08. The molecule has 14 heavy (non-hydrogen) atoms. The highest BCUT2D eigenvalue weighted by Crippen LogP contribution is 2.38. The second-order valence-electron chi connectivity index (χ2n) is 3.79. The summed E-state index contributed by atoms with van der Waals surface area (Å²) >= 11 is 0. The number of hydrogen-bond donors (Lipinski definition) is 0. The molecule has 0 aliphatic carbocycles. The second-order valence-corrected chi connectivity index (χ2v) is 8.52. The van der Waals surface area contributed by atoms with Crippen molar-refractivity contribution in [2.24, 2.45) is 0 Å². The molecule has 0 aromatic rings. The number of hydrogen-bond acceptors (Lipinski definition) is 1. The highest BCUT2D eigenvalue weighted by atomic mass is 28.4. The van der Waals surface area contributed by atoms with Gasteiger partial charge in [0.2, 0.25) is 8.32 Å². The van der Waals surface area contributed by atoms with Gasteiger partial charge >= 0.3 is 0 Å². The Hall–Kier alpha value is -0.343. The van der Waals surface area contributed by atoms with Crippen molar-refractivity contribution >= 4 is 8.32 Å². The van der Waals surface area contributed by atoms with E-state index in [4.69, 9.17) is 4.43 Å². The van der Waals surface area contributed by atoms with Crippen molar-refractivity contribution in [2.45, 2.75) is 44.8 Å². The topological polar surface area (TPSA) is 9.23 Å². The summed E-state index contributed by atoms with van der Waals surface area (Å²) in [5, 5.41) is 0. The van der Waals surface area contributed by atoms with Crippen LogP contribution in [0, 0.1) is 0 Å². The molecule has 1 nitrogen and oxygen atoms in total. The van der Waals surface area contributed by atoms with E-state index in [0.717, 1.165) is 12.7 Å². The molecule has 0 rings (SSSR count). The molecule has 0 saturated heterocycles. The number of rotatable bonds is 7. The van der Waals surface area contributed by atoms with Gasteiger partial charge in [0.05, 0.1) is 0 Å². The maximum Gasteiger partial charge on any atom is 0.205 e. The Morgan fingerprint density at radius 1 is 1.14 bits per heavy atom. The maximum atomic E-state index is 6.08. The molecule has 0 saturated carbocycles. The van der Waals surface area contributed by atoms with Crippen molar-refractivity contribution < 1.29 is 4.43 Å². The van der Waals surface area contributed by atoms with Crippen molar-refractivity contribution in [3.05, 3.63) is 25.3 Å². The maximum absolute atomic E-state index is 6.08. The fraction of sp³-hybridized carbons (Fsp3) is 0.667. The van der Waals surface area contributed by atoms with Crippen LogP contribution in [0.2, 0.25) is 17.1 Å². The van der Waals surface area contributed by atoms with E-state index in [9.17, 15) is 0 Å². The van der Waals surface area contributed by atoms with Crippen LogP contribution in [-0.2, 0) is 4.43 Å². The molecule has 0 fully saturated rings. The van der Waals surface area contributed by atoms with E-state index in [2.05, 4.69) is 40.9 Å². The Kier molecular flexibility index (Phi) is 6.05. The van der Waals surface area contributed by atoms with E-state index in [1.54, 1.807) is 0 Å². The molecule has 0 heterocycles. The standard InChI is InChI=1S/C12H24OSi/c1-7-11(5)14(10-4,13-9-3)12(6)8-2/h7-8,11-12H,1-2,9-10H2,3-6H3. The van der Waals surface area contributed by atoms with Gasteiger partial charge in [-0.15, -0.1) is 13.2 Å². The van der Waals surface area contributed by atoms with Crippen LogP contribution >= 0.6 is 0 Å². The Morgan fingerprint density at radius 3 is 1.79 bits per heavy atom. The first-order chi connectivity index (χ1) is 6.58. The SMILES string of the molecule is C=CC(C)[Si](CC)(OCC)C(C)C=C. The average molecular weight is 212 g/mol. The van der Waals surface area contributed by atoms with Crippen LogP contribution in [0.3, 0.4) is 0 Å². The van der Waals surface area contributed by atoms with E-state index >= 15 is 0 Å². The Balaban J connectivity index is 4.94. The minimum Gasteiger partial charge on any atom is -0.416 e. The van der Waals surface area contributed by atoms with Gasteiger partial charge in [-0.3, -0.25) is 0 Å². The van der Waals surface area contributed by atoms with Crippen molar-refractivity contribution in [1.82, 2.24) is 0 Å². The van der Waals surface area contributed by atoms with E-state index in [1.165, 1.54) is 0 Å². The molecule has 0 aliphatic heterocycles. The Bertz CT molecular complexity index is 175. The summed E-state index contributed by atoms with van der Waals surface area (Å²) in [5.41, 5.74) is 0.973. The lowest BCUT2D eigenvalue weighted by Crippen LogP contribution is -2.44. The lowest BCUT2D eigenvalue weighted by Gasteiger charge is -2.38. The fourth-order valence-corrected chi connectivity index (χ4v) is 6.27. The summed E-state index contributed by atoms with van der Waals surface area (Å²) in [6.45, 7) is 17.3. The first-order valence-corrected chi connectivity index (χ1v) is 7.75. The smallest absolute Gasteiger partial charge is 0.205 e. The van der Waals surface area contributed by atoms with E-state index in [0.29, 0.717) is 11.1 Å². The summed E-state index contributed by atoms with van der Waals surface area (Å²) in [7, 11) is -1.71. The van der Waals surface area contributed by atoms with Gasteiger partial charge in [0.25, 0.3) is 0 Å². The highest BCUT2D eigenvalue weighted by molar-refractivity contribution is 6.77. The van der Waals surface area contributed by atoms with Crippen LogP contribution in [0.1, 0.15) is 27.7 Å². The van der Waals surface area contributed by atoms with Gasteiger partial charge in [0.1, 0.15) is 0 Å². The molecular weight excluding hydrogens is 188 g/mol. The van der Waals surface area contributed by atoms with Gasteiger partial charge in [-0.05, 0) is 24.1 Å². The second kappa shape index (κ2) is 6.20. The first kappa shape index (κ1) is 13.7. The van der Waals surface area contributed by atoms with Crippen molar-refractivity contribution in [2.75, 3.05) is 6.61 Å². The largest absolute Gasteiger partial charge is 0.416 e. The molecule has 2 heteroatoms. The summed E-state index contributed by atoms with van der Waals surface area (Å²) in [4.78, 5) is 0. The minimum absolute atomic E-state index is 0.487. The molecule has 0 aromatic heterocycles. The molecule has 0 radical (unpaired) electrons. The van der Waals surface area contributed by atoms with Gasteiger partial charge in [-0.25, -0.2) is 0 Å². The third-order valence-corrected chi connectivity index (χ3v) is 8.70. The van der Waals surface area contributed by atoms with E-state index < -0.39 is 8.32 Å². The van der Waals surface area contributed by atoms with Crippen LogP contribution < -0.4 is 0 Å². The molecule has 0 bridgehead atoms. The fourth-order valence-electron chi connectivity index (χ4n) is 2.09. The van der Waals surface area contributed by atoms with Crippen molar-refractivity contribution in [3.63, 3.8) is 0 Å². The van der Waals surface area contributed by atoms with Crippen LogP contribution in [-0.4, -0.2) is 14.9 Å². The lowest BCUT2D eigenvalue weighted by atomic mass is 10.4. The molecule has 0 aliphatic rings. The minimum atomic E-state index is -1.71. The number of allylic oxidation sites excluding steroid dienone is 2. The van der Waals surface area contributed by atoms with E-state index in [1.807, 2.05) is 12.2 Å². The van der Waals surface area contributed by atoms with Gasteiger partial charge in [0, 0.05) is 6.61 Å². The third-order valence-electron chi connectivity index (χ3n) is 3.21. The predicted molar refractivity (Wildman–Crippen MR) is 67.1 cm³/mol. The van der Waals surface area contributed by atoms with Crippen LogP contribution in [0.5, 0.6) is 0 Å². The molecule has 82 valence electrons. The van der Waals surface area contributed by atoms with Crippen molar-refractivity contribution in [3.8, 4) is 0 Å². The summed E-state index contributed by atoms with van der Waals surface area (Å²) in [5.74, 6) is 0. The molecule has 0 N–H and O–H groups in total. The normalized spacial score (nSPS) is 19.4. The zero-order valence-electron chi connectivity index (χ0n) is 10.0. The molecule has 2 atom stereocenters.